The molecule has 0 atom stereocenters. The lowest BCUT2D eigenvalue weighted by Gasteiger charge is -2.36. The highest BCUT2D eigenvalue weighted by molar-refractivity contribution is 5.81. The quantitative estimate of drug-likeness (QED) is 0.652. The second-order valence-electron chi connectivity index (χ2n) is 8.71. The fourth-order valence-electron chi connectivity index (χ4n) is 4.83. The molecule has 2 fully saturated rings. The summed E-state index contributed by atoms with van der Waals surface area (Å²) in [5.41, 5.74) is 3.29. The summed E-state index contributed by atoms with van der Waals surface area (Å²) in [5, 5.41) is 5.11. The van der Waals surface area contributed by atoms with E-state index in [1.54, 1.807) is 6.33 Å². The molecule has 0 spiro atoms. The minimum absolute atomic E-state index is 0.108. The van der Waals surface area contributed by atoms with E-state index in [9.17, 15) is 4.79 Å². The van der Waals surface area contributed by atoms with Crippen LogP contribution in [-0.4, -0.2) is 57.0 Å². The van der Waals surface area contributed by atoms with Gasteiger partial charge in [-0.2, -0.15) is 5.10 Å². The van der Waals surface area contributed by atoms with Crippen molar-refractivity contribution in [3.63, 3.8) is 0 Å². The lowest BCUT2D eigenvalue weighted by molar-refractivity contribution is 0.244. The van der Waals surface area contributed by atoms with Crippen LogP contribution in [-0.2, 0) is 6.54 Å². The molecule has 2 aliphatic rings. The summed E-state index contributed by atoms with van der Waals surface area (Å²) < 4.78 is 3.88. The number of anilines is 1. The van der Waals surface area contributed by atoms with Crippen molar-refractivity contribution in [1.29, 1.82) is 0 Å². The zero-order valence-corrected chi connectivity index (χ0v) is 17.7. The second-order valence-corrected chi connectivity index (χ2v) is 8.71. The zero-order chi connectivity index (χ0) is 20.5. The Kier molecular flexibility index (Phi) is 5.29. The fourth-order valence-corrected chi connectivity index (χ4v) is 4.83. The molecule has 1 aliphatic carbocycles. The molecule has 5 rings (SSSR count). The van der Waals surface area contributed by atoms with Gasteiger partial charge in [-0.05, 0) is 43.5 Å². The number of hydrogen-bond acceptors (Lipinski definition) is 5. The highest BCUT2D eigenvalue weighted by Crippen LogP contribution is 2.28. The number of hydrogen-bond donors (Lipinski definition) is 0. The first-order chi connectivity index (χ1) is 14.7. The van der Waals surface area contributed by atoms with E-state index >= 15 is 0 Å². The normalized spacial score (nSPS) is 18.5. The largest absolute Gasteiger partial charge is 0.369 e. The summed E-state index contributed by atoms with van der Waals surface area (Å²) in [5.74, 6) is 0. The number of fused-ring (bicyclic) bond motifs is 1. The van der Waals surface area contributed by atoms with Gasteiger partial charge >= 0.3 is 0 Å². The van der Waals surface area contributed by atoms with Gasteiger partial charge in [0.2, 0.25) is 0 Å². The Bertz CT molecular complexity index is 1070. The summed E-state index contributed by atoms with van der Waals surface area (Å²) in [7, 11) is 0. The minimum Gasteiger partial charge on any atom is -0.369 e. The third kappa shape index (κ3) is 3.86. The van der Waals surface area contributed by atoms with Crippen molar-refractivity contribution < 1.29 is 0 Å². The number of aromatic nitrogens is 4. The van der Waals surface area contributed by atoms with E-state index in [-0.39, 0.29) is 5.56 Å². The summed E-state index contributed by atoms with van der Waals surface area (Å²) in [6.07, 6.45) is 10.4. The van der Waals surface area contributed by atoms with Crippen molar-refractivity contribution in [2.75, 3.05) is 37.6 Å². The number of benzene rings is 1. The highest BCUT2D eigenvalue weighted by atomic mass is 16.1. The first-order valence-corrected chi connectivity index (χ1v) is 11.1. The third-order valence-electron chi connectivity index (χ3n) is 6.63. The summed E-state index contributed by atoms with van der Waals surface area (Å²) in [4.78, 5) is 22.5. The van der Waals surface area contributed by atoms with Crippen LogP contribution in [0.5, 0.6) is 0 Å². The Morgan fingerprint density at radius 3 is 2.60 bits per heavy atom. The van der Waals surface area contributed by atoms with Crippen LogP contribution in [0.25, 0.3) is 10.9 Å². The summed E-state index contributed by atoms with van der Waals surface area (Å²) in [6.45, 7) is 8.08. The van der Waals surface area contributed by atoms with Gasteiger partial charge in [-0.3, -0.25) is 18.9 Å². The molecule has 0 radical (unpaired) electrons. The molecule has 1 aromatic carbocycles. The molecule has 0 amide bonds. The Morgan fingerprint density at radius 2 is 1.87 bits per heavy atom. The summed E-state index contributed by atoms with van der Waals surface area (Å²) in [6, 6.07) is 6.47. The first-order valence-electron chi connectivity index (χ1n) is 11.1. The van der Waals surface area contributed by atoms with E-state index < -0.39 is 0 Å². The van der Waals surface area contributed by atoms with Crippen LogP contribution in [0.1, 0.15) is 37.3 Å². The zero-order valence-electron chi connectivity index (χ0n) is 17.7. The van der Waals surface area contributed by atoms with Gasteiger partial charge in [0.1, 0.15) is 0 Å². The van der Waals surface area contributed by atoms with E-state index in [0.29, 0.717) is 6.04 Å². The van der Waals surface area contributed by atoms with Crippen LogP contribution in [0.4, 0.5) is 5.69 Å². The molecule has 7 nitrogen and oxygen atoms in total. The average molecular weight is 407 g/mol. The van der Waals surface area contributed by atoms with E-state index in [4.69, 9.17) is 0 Å². The molecule has 1 saturated carbocycles. The summed E-state index contributed by atoms with van der Waals surface area (Å²) >= 11 is 0. The fraction of sp³-hybridized carbons (Fsp3) is 0.522. The molecule has 1 saturated heterocycles. The SMILES string of the molecule is Cc1cnn(CCN2CCN(c3ccc4c(=O)n(C5CCCC5)cnc4c3)CC2)c1. The molecule has 3 aromatic rings. The van der Waals surface area contributed by atoms with Gasteiger partial charge in [0.15, 0.2) is 0 Å². The molecule has 1 aliphatic heterocycles. The van der Waals surface area contributed by atoms with Gasteiger partial charge in [-0.15, -0.1) is 0 Å². The second kappa shape index (κ2) is 8.22. The molecular formula is C23H30N6O. The van der Waals surface area contributed by atoms with Crippen molar-refractivity contribution in [3.8, 4) is 0 Å². The van der Waals surface area contributed by atoms with Crippen LogP contribution in [0.15, 0.2) is 41.7 Å². The molecule has 0 unspecified atom stereocenters. The minimum atomic E-state index is 0.108. The van der Waals surface area contributed by atoms with Crippen molar-refractivity contribution in [3.05, 3.63) is 52.8 Å². The van der Waals surface area contributed by atoms with Gasteiger partial charge in [0, 0.05) is 50.6 Å². The van der Waals surface area contributed by atoms with Crippen molar-refractivity contribution in [2.24, 2.45) is 0 Å². The van der Waals surface area contributed by atoms with Gasteiger partial charge in [0.25, 0.3) is 5.56 Å². The molecule has 158 valence electrons. The number of aryl methyl sites for hydroxylation is 1. The lowest BCUT2D eigenvalue weighted by Crippen LogP contribution is -2.47. The van der Waals surface area contributed by atoms with Crippen LogP contribution < -0.4 is 10.5 Å². The topological polar surface area (TPSA) is 59.2 Å². The Balaban J connectivity index is 1.24. The average Bonchev–Trinajstić information content (AvgIpc) is 3.45. The van der Waals surface area contributed by atoms with E-state index in [0.717, 1.165) is 68.7 Å². The van der Waals surface area contributed by atoms with Gasteiger partial charge in [-0.25, -0.2) is 4.98 Å². The highest BCUT2D eigenvalue weighted by Gasteiger charge is 2.20. The lowest BCUT2D eigenvalue weighted by atomic mass is 10.1. The molecule has 3 heterocycles. The van der Waals surface area contributed by atoms with Crippen LogP contribution in [0, 0.1) is 6.92 Å². The number of nitrogens with zero attached hydrogens (tertiary/aromatic N) is 6. The number of piperazine rings is 1. The van der Waals surface area contributed by atoms with Gasteiger partial charge < -0.3 is 4.90 Å². The Hall–Kier alpha value is -2.67. The number of rotatable bonds is 5. The molecule has 2 aromatic heterocycles. The Morgan fingerprint density at radius 1 is 1.07 bits per heavy atom. The van der Waals surface area contributed by atoms with Crippen LogP contribution in [0.3, 0.4) is 0 Å². The van der Waals surface area contributed by atoms with Gasteiger partial charge in [-0.1, -0.05) is 12.8 Å². The van der Waals surface area contributed by atoms with Crippen LogP contribution >= 0.6 is 0 Å². The third-order valence-corrected chi connectivity index (χ3v) is 6.63. The van der Waals surface area contributed by atoms with Crippen molar-refractivity contribution in [2.45, 2.75) is 45.2 Å². The van der Waals surface area contributed by atoms with Crippen LogP contribution in [0.2, 0.25) is 0 Å². The molecular weight excluding hydrogens is 376 g/mol. The van der Waals surface area contributed by atoms with Crippen molar-refractivity contribution >= 4 is 16.6 Å². The molecule has 30 heavy (non-hydrogen) atoms. The van der Waals surface area contributed by atoms with E-state index in [1.807, 2.05) is 21.5 Å². The molecule has 0 N–H and O–H groups in total. The van der Waals surface area contributed by atoms with Gasteiger partial charge in [0.05, 0.1) is 30.0 Å². The maximum Gasteiger partial charge on any atom is 0.261 e. The van der Waals surface area contributed by atoms with E-state index in [1.165, 1.54) is 18.4 Å². The Labute approximate surface area is 176 Å². The smallest absolute Gasteiger partial charge is 0.261 e. The first kappa shape index (κ1) is 19.3. The molecule has 0 bridgehead atoms. The maximum atomic E-state index is 12.9. The predicted octanol–water partition coefficient (Wildman–Crippen LogP) is 2.84. The maximum absolute atomic E-state index is 12.9. The molecule has 7 heteroatoms. The van der Waals surface area contributed by atoms with E-state index in [2.05, 4.69) is 45.1 Å². The predicted molar refractivity (Wildman–Crippen MR) is 119 cm³/mol. The monoisotopic (exact) mass is 406 g/mol. The standard InChI is InChI=1S/C23H30N6O/c1-18-15-25-28(16-18)13-10-26-8-11-27(12-9-26)20-6-7-21-22(14-20)24-17-29(23(21)30)19-4-2-3-5-19/h6-7,14-17,19H,2-5,8-13H2,1H3. The van der Waals surface area contributed by atoms with Crippen molar-refractivity contribution in [1.82, 2.24) is 24.2 Å².